The van der Waals surface area contributed by atoms with E-state index >= 15 is 0 Å². The third-order valence-corrected chi connectivity index (χ3v) is 6.20. The van der Waals surface area contributed by atoms with Crippen LogP contribution in [-0.2, 0) is 12.3 Å². The van der Waals surface area contributed by atoms with Crippen LogP contribution in [0.25, 0.3) is 5.69 Å². The van der Waals surface area contributed by atoms with Crippen LogP contribution in [0.5, 0.6) is 5.75 Å². The highest BCUT2D eigenvalue weighted by atomic mass is 32.2. The van der Waals surface area contributed by atoms with Gasteiger partial charge in [0.25, 0.3) is 5.69 Å². The number of nitrogens with zero attached hydrogens (tertiary/aromatic N) is 5. The summed E-state index contributed by atoms with van der Waals surface area (Å²) in [6, 6.07) is 21.7. The van der Waals surface area contributed by atoms with Crippen molar-refractivity contribution in [1.82, 2.24) is 20.1 Å². The Balaban J connectivity index is 1.53. The fourth-order valence-corrected chi connectivity index (χ4v) is 4.28. The Hall–Kier alpha value is -4.89. The fourth-order valence-electron chi connectivity index (χ4n) is 3.36. The number of non-ortho nitro benzene ring substituents is 1. The Morgan fingerprint density at radius 3 is 2.57 bits per heavy atom. The third-order valence-electron chi connectivity index (χ3n) is 5.20. The van der Waals surface area contributed by atoms with Gasteiger partial charge in [-0.25, -0.2) is 4.79 Å². The molecule has 0 radical (unpaired) electrons. The zero-order valence-corrected chi connectivity index (χ0v) is 20.4. The van der Waals surface area contributed by atoms with Gasteiger partial charge >= 0.3 is 6.03 Å². The van der Waals surface area contributed by atoms with Gasteiger partial charge in [0.05, 0.1) is 30.2 Å². The van der Waals surface area contributed by atoms with Gasteiger partial charge in [-0.15, -0.1) is 10.2 Å². The number of nitro benzene ring substituents is 1. The highest BCUT2D eigenvalue weighted by Crippen LogP contribution is 2.27. The Morgan fingerprint density at radius 1 is 1.14 bits per heavy atom. The van der Waals surface area contributed by atoms with Gasteiger partial charge in [-0.3, -0.25) is 14.7 Å². The summed E-state index contributed by atoms with van der Waals surface area (Å²) in [5.74, 6) is 1.76. The van der Waals surface area contributed by atoms with Crippen molar-refractivity contribution in [2.45, 2.75) is 17.5 Å². The molecule has 0 saturated heterocycles. The Morgan fingerprint density at radius 2 is 1.89 bits per heavy atom. The molecule has 1 heterocycles. The van der Waals surface area contributed by atoms with Gasteiger partial charge in [-0.1, -0.05) is 23.9 Å². The number of nitro groups is 1. The van der Waals surface area contributed by atoms with Crippen LogP contribution in [0.3, 0.4) is 0 Å². The Kier molecular flexibility index (Phi) is 7.97. The van der Waals surface area contributed by atoms with Crippen LogP contribution in [0.2, 0.25) is 0 Å². The molecular weight excluding hydrogens is 494 g/mol. The third kappa shape index (κ3) is 6.41. The number of aromatic nitrogens is 3. The van der Waals surface area contributed by atoms with E-state index in [0.29, 0.717) is 33.7 Å². The van der Waals surface area contributed by atoms with E-state index in [1.807, 2.05) is 30.3 Å². The van der Waals surface area contributed by atoms with E-state index in [1.54, 1.807) is 48.1 Å². The van der Waals surface area contributed by atoms with Gasteiger partial charge in [0.1, 0.15) is 5.75 Å². The van der Waals surface area contributed by atoms with E-state index < -0.39 is 11.0 Å². The first-order valence-electron chi connectivity index (χ1n) is 11.0. The maximum absolute atomic E-state index is 12.4. The highest BCUT2D eigenvalue weighted by molar-refractivity contribution is 7.98. The van der Waals surface area contributed by atoms with Crippen LogP contribution in [-0.4, -0.2) is 32.8 Å². The summed E-state index contributed by atoms with van der Waals surface area (Å²) < 4.78 is 7.03. The SMILES string of the molecule is COc1cccc(CSc2nnc(CNC(=O)Nc3ccc(C#N)cc3)n2-c2ccc([N+](=O)[O-])cc2)c1. The van der Waals surface area contributed by atoms with Crippen molar-refractivity contribution in [3.8, 4) is 17.5 Å². The van der Waals surface area contributed by atoms with E-state index in [0.717, 1.165) is 11.3 Å². The molecule has 11 nitrogen and oxygen atoms in total. The molecule has 4 rings (SSSR count). The lowest BCUT2D eigenvalue weighted by Gasteiger charge is -2.12. The maximum atomic E-state index is 12.4. The highest BCUT2D eigenvalue weighted by Gasteiger charge is 2.17. The molecule has 0 saturated carbocycles. The van der Waals surface area contributed by atoms with Crippen LogP contribution in [0.15, 0.2) is 78.0 Å². The van der Waals surface area contributed by atoms with E-state index in [4.69, 9.17) is 10.00 Å². The molecule has 1 aromatic heterocycles. The molecule has 12 heteroatoms. The summed E-state index contributed by atoms with van der Waals surface area (Å²) in [7, 11) is 1.61. The number of hydrogen-bond donors (Lipinski definition) is 2. The van der Waals surface area contributed by atoms with E-state index in [1.165, 1.54) is 23.9 Å². The van der Waals surface area contributed by atoms with Crippen molar-refractivity contribution in [2.24, 2.45) is 0 Å². The second-order valence-corrected chi connectivity index (χ2v) is 8.59. The first kappa shape index (κ1) is 25.2. The van der Waals surface area contributed by atoms with E-state index in [2.05, 4.69) is 20.8 Å². The van der Waals surface area contributed by atoms with E-state index in [-0.39, 0.29) is 12.2 Å². The Bertz CT molecular complexity index is 1450. The van der Waals surface area contributed by atoms with Crippen LogP contribution in [0.1, 0.15) is 17.0 Å². The van der Waals surface area contributed by atoms with Gasteiger partial charge in [0, 0.05) is 29.3 Å². The van der Waals surface area contributed by atoms with Gasteiger partial charge in [0.2, 0.25) is 0 Å². The summed E-state index contributed by atoms with van der Waals surface area (Å²) >= 11 is 1.43. The van der Waals surface area contributed by atoms with Crippen LogP contribution >= 0.6 is 11.8 Å². The minimum atomic E-state index is -0.468. The number of nitriles is 1. The Labute approximate surface area is 216 Å². The summed E-state index contributed by atoms with van der Waals surface area (Å²) in [6.07, 6.45) is 0. The number of anilines is 1. The lowest BCUT2D eigenvalue weighted by Crippen LogP contribution is -2.29. The number of carbonyl (C=O) groups excluding carboxylic acids is 1. The van der Waals surface area contributed by atoms with Crippen LogP contribution < -0.4 is 15.4 Å². The molecule has 0 spiro atoms. The van der Waals surface area contributed by atoms with E-state index in [9.17, 15) is 14.9 Å². The van der Waals surface area contributed by atoms with Gasteiger partial charge in [-0.2, -0.15) is 5.26 Å². The number of carbonyl (C=O) groups is 1. The molecule has 2 amide bonds. The van der Waals surface area contributed by atoms with Crippen LogP contribution in [0, 0.1) is 21.4 Å². The molecule has 2 N–H and O–H groups in total. The van der Waals surface area contributed by atoms with Crippen LogP contribution in [0.4, 0.5) is 16.2 Å². The molecule has 3 aromatic carbocycles. The minimum Gasteiger partial charge on any atom is -0.497 e. The number of hydrogen-bond acceptors (Lipinski definition) is 8. The molecule has 0 fully saturated rings. The number of urea groups is 1. The van der Waals surface area contributed by atoms with Gasteiger partial charge < -0.3 is 15.4 Å². The summed E-state index contributed by atoms with van der Waals surface area (Å²) in [5.41, 5.74) is 2.62. The maximum Gasteiger partial charge on any atom is 0.319 e. The summed E-state index contributed by atoms with van der Waals surface area (Å²) in [4.78, 5) is 23.1. The average Bonchev–Trinajstić information content (AvgIpc) is 3.34. The van der Waals surface area contributed by atoms with Crippen molar-refractivity contribution < 1.29 is 14.5 Å². The summed E-state index contributed by atoms with van der Waals surface area (Å²) in [6.45, 7) is 0.0474. The van der Waals surface area contributed by atoms with Crippen molar-refractivity contribution in [3.63, 3.8) is 0 Å². The second-order valence-electron chi connectivity index (χ2n) is 7.64. The monoisotopic (exact) mass is 515 g/mol. The predicted octanol–water partition coefficient (Wildman–Crippen LogP) is 4.67. The molecule has 0 bridgehead atoms. The summed E-state index contributed by atoms with van der Waals surface area (Å²) in [5, 5.41) is 34.6. The van der Waals surface area contributed by atoms with Crippen molar-refractivity contribution in [1.29, 1.82) is 5.26 Å². The first-order valence-corrected chi connectivity index (χ1v) is 12.0. The van der Waals surface area contributed by atoms with Crippen molar-refractivity contribution in [3.05, 3.63) is 99.9 Å². The molecule has 0 aliphatic heterocycles. The number of rotatable bonds is 9. The lowest BCUT2D eigenvalue weighted by atomic mass is 10.2. The molecule has 4 aromatic rings. The number of amides is 2. The zero-order valence-electron chi connectivity index (χ0n) is 19.6. The molecule has 37 heavy (non-hydrogen) atoms. The quantitative estimate of drug-likeness (QED) is 0.186. The number of benzene rings is 3. The van der Waals surface area contributed by atoms with Crippen molar-refractivity contribution >= 4 is 29.2 Å². The molecule has 186 valence electrons. The largest absolute Gasteiger partial charge is 0.497 e. The topological polar surface area (TPSA) is 148 Å². The first-order chi connectivity index (χ1) is 18.0. The molecule has 0 aliphatic carbocycles. The molecular formula is C25H21N7O4S. The number of nitrogens with one attached hydrogen (secondary N) is 2. The number of methoxy groups -OCH3 is 1. The standard InChI is InChI=1S/C25H21N7O4S/c1-36-22-4-2-3-18(13-22)16-37-25-30-29-23(31(25)20-9-11-21(12-10-20)32(34)35)15-27-24(33)28-19-7-5-17(14-26)6-8-19/h2-13H,15-16H2,1H3,(H2,27,28,33). The fraction of sp³-hybridized carbons (Fsp3) is 0.120. The van der Waals surface area contributed by atoms with Crippen molar-refractivity contribution in [2.75, 3.05) is 12.4 Å². The number of thioether (sulfide) groups is 1. The molecule has 0 aliphatic rings. The van der Waals surface area contributed by atoms with Gasteiger partial charge in [-0.05, 0) is 54.1 Å². The smallest absolute Gasteiger partial charge is 0.319 e. The zero-order chi connectivity index (χ0) is 26.2. The average molecular weight is 516 g/mol. The minimum absolute atomic E-state index is 0.0381. The second kappa shape index (κ2) is 11.7. The lowest BCUT2D eigenvalue weighted by molar-refractivity contribution is -0.384. The molecule has 0 unspecified atom stereocenters. The molecule has 0 atom stereocenters. The number of ether oxygens (including phenoxy) is 1. The normalized spacial score (nSPS) is 10.4. The predicted molar refractivity (Wildman–Crippen MR) is 138 cm³/mol. The van der Waals surface area contributed by atoms with Gasteiger partial charge in [0.15, 0.2) is 11.0 Å².